The monoisotopic (exact) mass is 453 g/mol. The van der Waals surface area contributed by atoms with Crippen LogP contribution in [0.15, 0.2) is 60.2 Å². The van der Waals surface area contributed by atoms with Gasteiger partial charge < -0.3 is 4.57 Å². The number of carbonyl (C=O) groups is 3. The Bertz CT molecular complexity index is 1240. The Kier molecular flexibility index (Phi) is 5.43. The molecule has 31 heavy (non-hydrogen) atoms. The SMILES string of the molecule is Cc1cc(/C=C2/C(=O)NC(=O)N(c3ccc(Cl)cc3)C2=O)c(C)n1-c1ccc(Cl)cc1. The third kappa shape index (κ3) is 3.87. The lowest BCUT2D eigenvalue weighted by Gasteiger charge is -2.26. The maximum atomic E-state index is 13.1. The smallest absolute Gasteiger partial charge is 0.318 e. The molecule has 0 aliphatic carbocycles. The molecule has 4 amide bonds. The normalized spacial score (nSPS) is 15.5. The standard InChI is InChI=1S/C23H17Cl2N3O3/c1-13-11-15(14(2)27(13)18-7-3-16(24)4-8-18)12-20-21(29)26-23(31)28(22(20)30)19-9-5-17(25)6-10-19/h3-12H,1-2H3,(H,26,29,31)/b20-12-. The zero-order valence-corrected chi connectivity index (χ0v) is 18.2. The third-order valence-electron chi connectivity index (χ3n) is 5.04. The van der Waals surface area contributed by atoms with Crippen LogP contribution < -0.4 is 10.2 Å². The molecule has 6 nitrogen and oxygen atoms in total. The summed E-state index contributed by atoms with van der Waals surface area (Å²) >= 11 is 11.9. The molecule has 0 spiro atoms. The Morgan fingerprint density at radius 1 is 0.839 bits per heavy atom. The van der Waals surface area contributed by atoms with Gasteiger partial charge in [0, 0.05) is 27.1 Å². The van der Waals surface area contributed by atoms with Crippen LogP contribution in [0.25, 0.3) is 11.8 Å². The van der Waals surface area contributed by atoms with Crippen LogP contribution in [0.5, 0.6) is 0 Å². The first kappa shape index (κ1) is 20.9. The zero-order chi connectivity index (χ0) is 22.3. The van der Waals surface area contributed by atoms with Crippen molar-refractivity contribution in [1.82, 2.24) is 9.88 Å². The summed E-state index contributed by atoms with van der Waals surface area (Å²) in [5, 5.41) is 3.32. The predicted octanol–water partition coefficient (Wildman–Crippen LogP) is 5.07. The Labute approximate surface area is 188 Å². The van der Waals surface area contributed by atoms with E-state index in [1.165, 1.54) is 6.08 Å². The third-order valence-corrected chi connectivity index (χ3v) is 5.55. The maximum Gasteiger partial charge on any atom is 0.335 e. The number of anilines is 1. The summed E-state index contributed by atoms with van der Waals surface area (Å²) in [4.78, 5) is 38.8. The molecule has 1 fully saturated rings. The molecule has 2 heterocycles. The number of rotatable bonds is 3. The molecule has 4 rings (SSSR count). The molecule has 1 saturated heterocycles. The van der Waals surface area contributed by atoms with Crippen molar-refractivity contribution in [3.63, 3.8) is 0 Å². The van der Waals surface area contributed by atoms with Crippen LogP contribution in [0.3, 0.4) is 0 Å². The van der Waals surface area contributed by atoms with Gasteiger partial charge in [0.2, 0.25) is 0 Å². The highest BCUT2D eigenvalue weighted by Gasteiger charge is 2.37. The Balaban J connectivity index is 1.75. The van der Waals surface area contributed by atoms with Gasteiger partial charge in [0.05, 0.1) is 5.69 Å². The fraction of sp³-hybridized carbons (Fsp3) is 0.0870. The summed E-state index contributed by atoms with van der Waals surface area (Å²) in [6.07, 6.45) is 1.50. The number of urea groups is 1. The number of halogens is 2. The molecule has 0 radical (unpaired) electrons. The highest BCUT2D eigenvalue weighted by Crippen LogP contribution is 2.27. The van der Waals surface area contributed by atoms with Crippen LogP contribution in [0.4, 0.5) is 10.5 Å². The average molecular weight is 454 g/mol. The second-order valence-electron chi connectivity index (χ2n) is 7.07. The molecule has 156 valence electrons. The van der Waals surface area contributed by atoms with Crippen LogP contribution in [-0.2, 0) is 9.59 Å². The van der Waals surface area contributed by atoms with Crippen LogP contribution in [0, 0.1) is 13.8 Å². The number of amides is 4. The molecule has 1 N–H and O–H groups in total. The van der Waals surface area contributed by atoms with Crippen LogP contribution in [-0.4, -0.2) is 22.4 Å². The molecule has 1 aliphatic rings. The van der Waals surface area contributed by atoms with E-state index in [4.69, 9.17) is 23.2 Å². The van der Waals surface area contributed by atoms with Gasteiger partial charge in [-0.1, -0.05) is 23.2 Å². The summed E-state index contributed by atoms with van der Waals surface area (Å²) in [6.45, 7) is 3.82. The minimum atomic E-state index is -0.805. The first-order valence-corrected chi connectivity index (χ1v) is 10.1. The number of hydrogen-bond acceptors (Lipinski definition) is 3. The van der Waals surface area contributed by atoms with Crippen molar-refractivity contribution in [2.75, 3.05) is 4.90 Å². The second kappa shape index (κ2) is 8.06. The molecular weight excluding hydrogens is 437 g/mol. The quantitative estimate of drug-likeness (QED) is 0.444. The fourth-order valence-corrected chi connectivity index (χ4v) is 3.81. The van der Waals surface area contributed by atoms with Gasteiger partial charge in [-0.2, -0.15) is 0 Å². The van der Waals surface area contributed by atoms with E-state index in [2.05, 4.69) is 5.32 Å². The first-order valence-electron chi connectivity index (χ1n) is 9.38. The van der Waals surface area contributed by atoms with Gasteiger partial charge in [0.25, 0.3) is 11.8 Å². The lowest BCUT2D eigenvalue weighted by molar-refractivity contribution is -0.122. The van der Waals surface area contributed by atoms with Crippen LogP contribution in [0.2, 0.25) is 10.0 Å². The van der Waals surface area contributed by atoms with E-state index in [9.17, 15) is 14.4 Å². The zero-order valence-electron chi connectivity index (χ0n) is 16.6. The Morgan fingerprint density at radius 3 is 1.97 bits per heavy atom. The number of aryl methyl sites for hydroxylation is 1. The van der Waals surface area contributed by atoms with E-state index in [1.807, 2.05) is 36.6 Å². The maximum absolute atomic E-state index is 13.1. The van der Waals surface area contributed by atoms with Crippen molar-refractivity contribution in [1.29, 1.82) is 0 Å². The Hall–Kier alpha value is -3.35. The second-order valence-corrected chi connectivity index (χ2v) is 7.95. The van der Waals surface area contributed by atoms with E-state index in [-0.39, 0.29) is 5.57 Å². The van der Waals surface area contributed by atoms with Crippen LogP contribution in [0.1, 0.15) is 17.0 Å². The highest BCUT2D eigenvalue weighted by molar-refractivity contribution is 6.39. The number of imide groups is 2. The van der Waals surface area contributed by atoms with Gasteiger partial charge >= 0.3 is 6.03 Å². The summed E-state index contributed by atoms with van der Waals surface area (Å²) in [6, 6.07) is 14.6. The lowest BCUT2D eigenvalue weighted by Crippen LogP contribution is -2.54. The Morgan fingerprint density at radius 2 is 1.39 bits per heavy atom. The van der Waals surface area contributed by atoms with Gasteiger partial charge in [-0.05, 0) is 80.1 Å². The van der Waals surface area contributed by atoms with Gasteiger partial charge in [-0.15, -0.1) is 0 Å². The number of benzene rings is 2. The molecule has 0 saturated carbocycles. The van der Waals surface area contributed by atoms with Gasteiger partial charge in [-0.3, -0.25) is 14.9 Å². The van der Waals surface area contributed by atoms with Crippen molar-refractivity contribution in [2.45, 2.75) is 13.8 Å². The minimum Gasteiger partial charge on any atom is -0.318 e. The highest BCUT2D eigenvalue weighted by atomic mass is 35.5. The largest absolute Gasteiger partial charge is 0.335 e. The number of aromatic nitrogens is 1. The van der Waals surface area contributed by atoms with E-state index in [1.54, 1.807) is 36.4 Å². The number of nitrogens with one attached hydrogen (secondary N) is 1. The van der Waals surface area contributed by atoms with E-state index in [0.29, 0.717) is 21.3 Å². The molecule has 0 bridgehead atoms. The van der Waals surface area contributed by atoms with Crippen LogP contribution >= 0.6 is 23.2 Å². The number of barbiturate groups is 1. The van der Waals surface area contributed by atoms with Crippen molar-refractivity contribution in [3.8, 4) is 5.69 Å². The fourth-order valence-electron chi connectivity index (χ4n) is 3.56. The molecule has 1 aliphatic heterocycles. The summed E-state index contributed by atoms with van der Waals surface area (Å²) in [7, 11) is 0. The van der Waals surface area contributed by atoms with Crippen molar-refractivity contribution >= 4 is 52.8 Å². The van der Waals surface area contributed by atoms with Crippen molar-refractivity contribution in [3.05, 3.63) is 87.2 Å². The molecule has 3 aromatic rings. The number of nitrogens with zero attached hydrogens (tertiary/aromatic N) is 2. The van der Waals surface area contributed by atoms with E-state index < -0.39 is 17.8 Å². The van der Waals surface area contributed by atoms with E-state index >= 15 is 0 Å². The average Bonchev–Trinajstić information content (AvgIpc) is 3.00. The summed E-state index contributed by atoms with van der Waals surface area (Å²) in [5.41, 5.74) is 3.53. The molecule has 0 unspecified atom stereocenters. The van der Waals surface area contributed by atoms with Gasteiger partial charge in [0.15, 0.2) is 0 Å². The summed E-state index contributed by atoms with van der Waals surface area (Å²) in [5.74, 6) is -1.44. The van der Waals surface area contributed by atoms with Gasteiger partial charge in [-0.25, -0.2) is 9.69 Å². The van der Waals surface area contributed by atoms with Crippen molar-refractivity contribution in [2.24, 2.45) is 0 Å². The first-order chi connectivity index (χ1) is 14.8. The number of carbonyl (C=O) groups excluding carboxylic acids is 3. The van der Waals surface area contributed by atoms with Crippen molar-refractivity contribution < 1.29 is 14.4 Å². The number of hydrogen-bond donors (Lipinski definition) is 1. The topological polar surface area (TPSA) is 71.4 Å². The molecular formula is C23H17Cl2N3O3. The molecule has 2 aromatic carbocycles. The lowest BCUT2D eigenvalue weighted by atomic mass is 10.1. The molecule has 1 aromatic heterocycles. The minimum absolute atomic E-state index is 0.133. The van der Waals surface area contributed by atoms with Gasteiger partial charge in [0.1, 0.15) is 5.57 Å². The van der Waals surface area contributed by atoms with E-state index in [0.717, 1.165) is 22.0 Å². The summed E-state index contributed by atoms with van der Waals surface area (Å²) < 4.78 is 2.00. The molecule has 0 atom stereocenters. The molecule has 8 heteroatoms. The predicted molar refractivity (Wildman–Crippen MR) is 121 cm³/mol.